The fraction of sp³-hybridized carbons (Fsp3) is 0.786. The van der Waals surface area contributed by atoms with Gasteiger partial charge in [-0.05, 0) is 58.4 Å². The summed E-state index contributed by atoms with van der Waals surface area (Å²) in [5, 5.41) is 2.82. The Hall–Kier alpha value is -0.990. The zero-order chi connectivity index (χ0) is 12.9. The molecule has 0 aromatic carbocycles. The van der Waals surface area contributed by atoms with Crippen LogP contribution in [0.25, 0.3) is 0 Å². The number of nitrogens with one attached hydrogen (secondary N) is 1. The van der Waals surface area contributed by atoms with E-state index in [1.54, 1.807) is 0 Å². The van der Waals surface area contributed by atoms with Crippen molar-refractivity contribution in [2.45, 2.75) is 65.0 Å². The van der Waals surface area contributed by atoms with Gasteiger partial charge in [0.2, 0.25) is 0 Å². The maximum Gasteiger partial charge on any atom is 0.408 e. The van der Waals surface area contributed by atoms with Crippen molar-refractivity contribution in [1.29, 1.82) is 0 Å². The van der Waals surface area contributed by atoms with Gasteiger partial charge in [0, 0.05) is 5.54 Å². The molecule has 0 aromatic rings. The van der Waals surface area contributed by atoms with Crippen molar-refractivity contribution in [2.75, 3.05) is 0 Å². The summed E-state index contributed by atoms with van der Waals surface area (Å²) in [5.74, 6) is 0.719. The van der Waals surface area contributed by atoms with Gasteiger partial charge in [-0.2, -0.15) is 0 Å². The van der Waals surface area contributed by atoms with E-state index >= 15 is 0 Å². The third kappa shape index (κ3) is 6.35. The molecular formula is C14H25NO2. The number of amides is 1. The van der Waals surface area contributed by atoms with Gasteiger partial charge in [0.25, 0.3) is 0 Å². The molecule has 1 N–H and O–H groups in total. The molecule has 1 rings (SSSR count). The number of alkyl carbamates (subject to hydrolysis) is 1. The quantitative estimate of drug-likeness (QED) is 0.709. The summed E-state index contributed by atoms with van der Waals surface area (Å²) in [5.41, 5.74) is -0.240. The van der Waals surface area contributed by atoms with E-state index in [9.17, 15) is 4.79 Å². The summed E-state index contributed by atoms with van der Waals surface area (Å²) in [6.45, 7) is 8.10. The SMILES string of the molecule is CC1CC/C=C/C(OC(=O)NC(C)(C)C)CC1. The second-order valence-electron chi connectivity index (χ2n) is 6.01. The molecule has 0 bridgehead atoms. The molecule has 0 saturated carbocycles. The first-order valence-corrected chi connectivity index (χ1v) is 6.52. The predicted molar refractivity (Wildman–Crippen MR) is 69.9 cm³/mol. The maximum absolute atomic E-state index is 11.6. The zero-order valence-corrected chi connectivity index (χ0v) is 11.5. The molecule has 98 valence electrons. The van der Waals surface area contributed by atoms with Crippen LogP contribution in [0.15, 0.2) is 12.2 Å². The minimum atomic E-state index is -0.319. The lowest BCUT2D eigenvalue weighted by atomic mass is 9.95. The fourth-order valence-corrected chi connectivity index (χ4v) is 1.89. The standard InChI is InChI=1S/C14H25NO2/c1-11-7-5-6-8-12(10-9-11)17-13(16)15-14(2,3)4/h6,8,11-12H,5,7,9-10H2,1-4H3,(H,15,16)/b8-6+. The number of rotatable bonds is 1. The Morgan fingerprint density at radius 2 is 2.00 bits per heavy atom. The minimum absolute atomic E-state index is 0.0694. The molecule has 0 aromatic heterocycles. The van der Waals surface area contributed by atoms with Crippen LogP contribution in [0.1, 0.15) is 53.4 Å². The first kappa shape index (κ1) is 14.1. The lowest BCUT2D eigenvalue weighted by Crippen LogP contribution is -2.42. The molecule has 1 aliphatic rings. The summed E-state index contributed by atoms with van der Waals surface area (Å²) in [6.07, 6.45) is 8.13. The van der Waals surface area contributed by atoms with Crippen LogP contribution < -0.4 is 5.32 Å². The number of carbonyl (C=O) groups is 1. The molecule has 2 unspecified atom stereocenters. The number of ether oxygens (including phenoxy) is 1. The maximum atomic E-state index is 11.6. The summed E-state index contributed by atoms with van der Waals surface area (Å²) in [4.78, 5) is 11.6. The van der Waals surface area contributed by atoms with E-state index in [1.165, 1.54) is 6.42 Å². The van der Waals surface area contributed by atoms with Gasteiger partial charge < -0.3 is 10.1 Å². The lowest BCUT2D eigenvalue weighted by molar-refractivity contribution is 0.104. The highest BCUT2D eigenvalue weighted by atomic mass is 16.6. The summed E-state index contributed by atoms with van der Waals surface area (Å²) >= 11 is 0. The Kier molecular flexibility index (Phi) is 5.03. The zero-order valence-electron chi connectivity index (χ0n) is 11.5. The average Bonchev–Trinajstić information content (AvgIpc) is 2.14. The van der Waals surface area contributed by atoms with Gasteiger partial charge in [-0.15, -0.1) is 0 Å². The van der Waals surface area contributed by atoms with E-state index in [1.807, 2.05) is 26.8 Å². The van der Waals surface area contributed by atoms with Crippen LogP contribution in [-0.4, -0.2) is 17.7 Å². The van der Waals surface area contributed by atoms with Gasteiger partial charge in [0.1, 0.15) is 6.10 Å². The molecule has 3 nitrogen and oxygen atoms in total. The van der Waals surface area contributed by atoms with Crippen molar-refractivity contribution in [3.8, 4) is 0 Å². The Morgan fingerprint density at radius 1 is 1.29 bits per heavy atom. The highest BCUT2D eigenvalue weighted by molar-refractivity contribution is 5.68. The second-order valence-corrected chi connectivity index (χ2v) is 6.01. The Bertz CT molecular complexity index is 278. The normalized spacial score (nSPS) is 27.8. The first-order chi connectivity index (χ1) is 7.87. The summed E-state index contributed by atoms with van der Waals surface area (Å²) in [7, 11) is 0. The molecule has 0 aliphatic heterocycles. The topological polar surface area (TPSA) is 38.3 Å². The van der Waals surface area contributed by atoms with E-state index in [-0.39, 0.29) is 17.7 Å². The van der Waals surface area contributed by atoms with Gasteiger partial charge in [-0.25, -0.2) is 4.79 Å². The van der Waals surface area contributed by atoms with E-state index < -0.39 is 0 Å². The number of carbonyl (C=O) groups excluding carboxylic acids is 1. The summed E-state index contributed by atoms with van der Waals surface area (Å²) < 4.78 is 5.41. The Morgan fingerprint density at radius 3 is 2.65 bits per heavy atom. The Labute approximate surface area is 105 Å². The van der Waals surface area contributed by atoms with Crippen molar-refractivity contribution in [3.05, 3.63) is 12.2 Å². The van der Waals surface area contributed by atoms with Crippen LogP contribution in [-0.2, 0) is 4.74 Å². The largest absolute Gasteiger partial charge is 0.442 e. The van der Waals surface area contributed by atoms with Crippen molar-refractivity contribution in [2.24, 2.45) is 5.92 Å². The van der Waals surface area contributed by atoms with E-state index in [2.05, 4.69) is 18.3 Å². The van der Waals surface area contributed by atoms with E-state index in [4.69, 9.17) is 4.74 Å². The minimum Gasteiger partial charge on any atom is -0.442 e. The van der Waals surface area contributed by atoms with Crippen molar-refractivity contribution >= 4 is 6.09 Å². The fourth-order valence-electron chi connectivity index (χ4n) is 1.89. The number of allylic oxidation sites excluding steroid dienone is 1. The van der Waals surface area contributed by atoms with Crippen LogP contribution in [0, 0.1) is 5.92 Å². The molecule has 0 spiro atoms. The van der Waals surface area contributed by atoms with Gasteiger partial charge >= 0.3 is 6.09 Å². The van der Waals surface area contributed by atoms with Crippen LogP contribution in [0.2, 0.25) is 0 Å². The van der Waals surface area contributed by atoms with Gasteiger partial charge in [-0.1, -0.05) is 13.0 Å². The third-order valence-electron chi connectivity index (χ3n) is 2.86. The molecule has 3 heteroatoms. The molecule has 0 radical (unpaired) electrons. The molecule has 17 heavy (non-hydrogen) atoms. The lowest BCUT2D eigenvalue weighted by Gasteiger charge is -2.24. The highest BCUT2D eigenvalue weighted by Gasteiger charge is 2.19. The average molecular weight is 239 g/mol. The van der Waals surface area contributed by atoms with Crippen LogP contribution >= 0.6 is 0 Å². The number of hydrogen-bond donors (Lipinski definition) is 1. The smallest absolute Gasteiger partial charge is 0.408 e. The molecule has 0 fully saturated rings. The predicted octanol–water partition coefficient (Wildman–Crippen LogP) is 3.65. The molecule has 1 amide bonds. The molecular weight excluding hydrogens is 214 g/mol. The summed E-state index contributed by atoms with van der Waals surface area (Å²) in [6, 6.07) is 0. The monoisotopic (exact) mass is 239 g/mol. The molecule has 1 aliphatic carbocycles. The molecule has 2 atom stereocenters. The third-order valence-corrected chi connectivity index (χ3v) is 2.86. The van der Waals surface area contributed by atoms with Crippen molar-refractivity contribution < 1.29 is 9.53 Å². The van der Waals surface area contributed by atoms with Crippen LogP contribution in [0.4, 0.5) is 4.79 Å². The highest BCUT2D eigenvalue weighted by Crippen LogP contribution is 2.19. The van der Waals surface area contributed by atoms with E-state index in [0.717, 1.165) is 25.2 Å². The van der Waals surface area contributed by atoms with Crippen molar-refractivity contribution in [3.63, 3.8) is 0 Å². The number of hydrogen-bond acceptors (Lipinski definition) is 2. The van der Waals surface area contributed by atoms with Crippen LogP contribution in [0.5, 0.6) is 0 Å². The van der Waals surface area contributed by atoms with Gasteiger partial charge in [0.15, 0.2) is 0 Å². The van der Waals surface area contributed by atoms with E-state index in [0.29, 0.717) is 0 Å². The van der Waals surface area contributed by atoms with Crippen molar-refractivity contribution in [1.82, 2.24) is 5.32 Å². The second kappa shape index (κ2) is 6.08. The molecule has 0 saturated heterocycles. The Balaban J connectivity index is 2.44. The first-order valence-electron chi connectivity index (χ1n) is 6.52. The van der Waals surface area contributed by atoms with Crippen LogP contribution in [0.3, 0.4) is 0 Å². The molecule has 0 heterocycles. The van der Waals surface area contributed by atoms with Gasteiger partial charge in [0.05, 0.1) is 0 Å². The van der Waals surface area contributed by atoms with Gasteiger partial charge in [-0.3, -0.25) is 0 Å².